The van der Waals surface area contributed by atoms with Crippen molar-refractivity contribution in [3.05, 3.63) is 71.7 Å². The quantitative estimate of drug-likeness (QED) is 0.703. The minimum Gasteiger partial charge on any atom is -0.434 e. The second-order valence-corrected chi connectivity index (χ2v) is 5.33. The maximum absolute atomic E-state index is 13.1. The van der Waals surface area contributed by atoms with Crippen molar-refractivity contribution in [1.82, 2.24) is 15.5 Å². The number of carbonyl (C=O) groups excluding carboxylic acids is 1. The number of alkyl halides is 2. The number of hydrogen-bond donors (Lipinski definition) is 2. The molecule has 1 aromatic heterocycles. The van der Waals surface area contributed by atoms with Crippen LogP contribution in [0.1, 0.15) is 15.9 Å². The van der Waals surface area contributed by atoms with E-state index in [2.05, 4.69) is 20.3 Å². The van der Waals surface area contributed by atoms with Crippen molar-refractivity contribution in [3.63, 3.8) is 0 Å². The van der Waals surface area contributed by atoms with Crippen LogP contribution in [-0.2, 0) is 6.54 Å². The zero-order valence-corrected chi connectivity index (χ0v) is 13.4. The second-order valence-electron chi connectivity index (χ2n) is 5.33. The smallest absolute Gasteiger partial charge is 0.387 e. The summed E-state index contributed by atoms with van der Waals surface area (Å²) in [6.07, 6.45) is 1.34. The van der Waals surface area contributed by atoms with Crippen LogP contribution in [-0.4, -0.2) is 22.7 Å². The molecule has 134 valence electrons. The number of halogens is 3. The SMILES string of the molecule is O=C(NCc1ccccc1OC(F)F)c1cn[nH]c1-c1ccc(F)cc1. The van der Waals surface area contributed by atoms with Gasteiger partial charge in [-0.3, -0.25) is 9.89 Å². The Morgan fingerprint density at radius 1 is 1.15 bits per heavy atom. The number of H-pyrrole nitrogens is 1. The van der Waals surface area contributed by atoms with Crippen molar-refractivity contribution in [2.45, 2.75) is 13.2 Å². The summed E-state index contributed by atoms with van der Waals surface area (Å²) in [6, 6.07) is 11.8. The Kier molecular flexibility index (Phi) is 5.21. The van der Waals surface area contributed by atoms with Crippen LogP contribution in [0, 0.1) is 5.82 Å². The zero-order valence-electron chi connectivity index (χ0n) is 13.4. The lowest BCUT2D eigenvalue weighted by atomic mass is 10.1. The molecule has 0 saturated carbocycles. The number of benzene rings is 2. The van der Waals surface area contributed by atoms with Gasteiger partial charge in [0.1, 0.15) is 11.6 Å². The van der Waals surface area contributed by atoms with Crippen molar-refractivity contribution >= 4 is 5.91 Å². The number of aromatic nitrogens is 2. The van der Waals surface area contributed by atoms with Crippen molar-refractivity contribution in [3.8, 4) is 17.0 Å². The second kappa shape index (κ2) is 7.73. The number of carbonyl (C=O) groups is 1. The van der Waals surface area contributed by atoms with Crippen LogP contribution in [0.25, 0.3) is 11.3 Å². The van der Waals surface area contributed by atoms with Crippen LogP contribution in [0.4, 0.5) is 13.2 Å². The summed E-state index contributed by atoms with van der Waals surface area (Å²) in [7, 11) is 0. The summed E-state index contributed by atoms with van der Waals surface area (Å²) in [4.78, 5) is 12.4. The highest BCUT2D eigenvalue weighted by atomic mass is 19.3. The van der Waals surface area contributed by atoms with Gasteiger partial charge in [0.15, 0.2) is 0 Å². The molecular weight excluding hydrogens is 347 g/mol. The molecule has 0 fully saturated rings. The van der Waals surface area contributed by atoms with Gasteiger partial charge >= 0.3 is 6.61 Å². The predicted molar refractivity (Wildman–Crippen MR) is 88.2 cm³/mol. The van der Waals surface area contributed by atoms with Crippen molar-refractivity contribution in [1.29, 1.82) is 0 Å². The first-order chi connectivity index (χ1) is 12.5. The molecule has 0 atom stereocenters. The Morgan fingerprint density at radius 3 is 2.62 bits per heavy atom. The van der Waals surface area contributed by atoms with E-state index in [4.69, 9.17) is 0 Å². The number of ether oxygens (including phenoxy) is 1. The molecule has 0 saturated heterocycles. The minimum atomic E-state index is -2.95. The molecule has 0 unspecified atom stereocenters. The molecule has 1 heterocycles. The first-order valence-corrected chi connectivity index (χ1v) is 7.65. The highest BCUT2D eigenvalue weighted by Gasteiger charge is 2.16. The Bertz CT molecular complexity index is 895. The van der Waals surface area contributed by atoms with E-state index < -0.39 is 18.3 Å². The number of nitrogens with zero attached hydrogens (tertiary/aromatic N) is 1. The van der Waals surface area contributed by atoms with Crippen LogP contribution in [0.15, 0.2) is 54.7 Å². The van der Waals surface area contributed by atoms with Crippen molar-refractivity contribution in [2.24, 2.45) is 0 Å². The largest absolute Gasteiger partial charge is 0.434 e. The van der Waals surface area contributed by atoms with Gasteiger partial charge in [0.05, 0.1) is 17.5 Å². The van der Waals surface area contributed by atoms with E-state index in [1.165, 1.54) is 36.5 Å². The van der Waals surface area contributed by atoms with Gasteiger partial charge in [0.2, 0.25) is 0 Å². The van der Waals surface area contributed by atoms with Gasteiger partial charge in [-0.05, 0) is 30.3 Å². The van der Waals surface area contributed by atoms with Crippen LogP contribution in [0.5, 0.6) is 5.75 Å². The van der Waals surface area contributed by atoms with Crippen molar-refractivity contribution < 1.29 is 22.7 Å². The fourth-order valence-electron chi connectivity index (χ4n) is 2.43. The number of hydrogen-bond acceptors (Lipinski definition) is 3. The Morgan fingerprint density at radius 2 is 1.88 bits per heavy atom. The predicted octanol–water partition coefficient (Wildman–Crippen LogP) is 3.75. The Balaban J connectivity index is 1.74. The molecule has 0 aliphatic carbocycles. The lowest BCUT2D eigenvalue weighted by Gasteiger charge is -2.11. The molecule has 0 aliphatic rings. The summed E-state index contributed by atoms with van der Waals surface area (Å²) >= 11 is 0. The fraction of sp³-hybridized carbons (Fsp3) is 0.111. The average molecular weight is 361 g/mol. The summed E-state index contributed by atoms with van der Waals surface area (Å²) in [5.74, 6) is -0.853. The van der Waals surface area contributed by atoms with Crippen molar-refractivity contribution in [2.75, 3.05) is 0 Å². The normalized spacial score (nSPS) is 10.8. The maximum atomic E-state index is 13.1. The van der Waals surface area contributed by atoms with E-state index in [0.29, 0.717) is 16.8 Å². The maximum Gasteiger partial charge on any atom is 0.387 e. The molecule has 3 aromatic rings. The first kappa shape index (κ1) is 17.5. The lowest BCUT2D eigenvalue weighted by molar-refractivity contribution is -0.0504. The molecule has 0 bridgehead atoms. The van der Waals surface area contributed by atoms with Gasteiger partial charge in [-0.25, -0.2) is 4.39 Å². The van der Waals surface area contributed by atoms with E-state index in [9.17, 15) is 18.0 Å². The molecule has 0 spiro atoms. The molecule has 1 amide bonds. The van der Waals surface area contributed by atoms with Gasteiger partial charge in [-0.15, -0.1) is 0 Å². The molecule has 8 heteroatoms. The average Bonchev–Trinajstić information content (AvgIpc) is 3.11. The van der Waals surface area contributed by atoms with Gasteiger partial charge in [-0.2, -0.15) is 13.9 Å². The fourth-order valence-corrected chi connectivity index (χ4v) is 2.43. The van der Waals surface area contributed by atoms with E-state index in [-0.39, 0.29) is 17.9 Å². The number of para-hydroxylation sites is 1. The Hall–Kier alpha value is -3.29. The van der Waals surface area contributed by atoms with Crippen LogP contribution in [0.3, 0.4) is 0 Å². The van der Waals surface area contributed by atoms with E-state index in [1.54, 1.807) is 18.2 Å². The highest BCUT2D eigenvalue weighted by Crippen LogP contribution is 2.23. The number of amides is 1. The molecule has 0 aliphatic heterocycles. The highest BCUT2D eigenvalue weighted by molar-refractivity contribution is 5.99. The Labute approximate surface area is 146 Å². The third kappa shape index (κ3) is 4.02. The van der Waals surface area contributed by atoms with Gasteiger partial charge in [0.25, 0.3) is 5.91 Å². The molecule has 5 nitrogen and oxygen atoms in total. The van der Waals surface area contributed by atoms with Crippen LogP contribution in [0.2, 0.25) is 0 Å². The third-order valence-corrected chi connectivity index (χ3v) is 3.64. The monoisotopic (exact) mass is 361 g/mol. The van der Waals surface area contributed by atoms with E-state index in [0.717, 1.165) is 0 Å². The van der Waals surface area contributed by atoms with Gasteiger partial charge in [0, 0.05) is 17.7 Å². The van der Waals surface area contributed by atoms with Crippen LogP contribution < -0.4 is 10.1 Å². The molecule has 2 aromatic carbocycles. The molecular formula is C18H14F3N3O2. The molecule has 26 heavy (non-hydrogen) atoms. The minimum absolute atomic E-state index is 0.00420. The summed E-state index contributed by atoms with van der Waals surface area (Å²) in [5, 5.41) is 9.19. The molecule has 0 radical (unpaired) electrons. The first-order valence-electron chi connectivity index (χ1n) is 7.65. The summed E-state index contributed by atoms with van der Waals surface area (Å²) in [5.41, 5.74) is 1.69. The molecule has 3 rings (SSSR count). The summed E-state index contributed by atoms with van der Waals surface area (Å²) < 4.78 is 42.4. The standard InChI is InChI=1S/C18H14F3N3O2/c19-13-7-5-11(6-8-13)16-14(10-23-24-16)17(25)22-9-12-3-1-2-4-15(12)26-18(20)21/h1-8,10,18H,9H2,(H,22,25)(H,23,24). The van der Waals surface area contributed by atoms with E-state index in [1.807, 2.05) is 0 Å². The molecule has 2 N–H and O–H groups in total. The summed E-state index contributed by atoms with van der Waals surface area (Å²) in [6.45, 7) is -2.96. The van der Waals surface area contributed by atoms with Gasteiger partial charge < -0.3 is 10.1 Å². The zero-order chi connectivity index (χ0) is 18.5. The third-order valence-electron chi connectivity index (χ3n) is 3.64. The number of aromatic amines is 1. The number of rotatable bonds is 6. The topological polar surface area (TPSA) is 67.0 Å². The van der Waals surface area contributed by atoms with E-state index >= 15 is 0 Å². The number of nitrogens with one attached hydrogen (secondary N) is 2. The van der Waals surface area contributed by atoms with Crippen LogP contribution >= 0.6 is 0 Å². The van der Waals surface area contributed by atoms with Gasteiger partial charge in [-0.1, -0.05) is 18.2 Å². The lowest BCUT2D eigenvalue weighted by Crippen LogP contribution is -2.23.